The van der Waals surface area contributed by atoms with E-state index in [1.54, 1.807) is 0 Å². The van der Waals surface area contributed by atoms with Gasteiger partial charge in [-0.2, -0.15) is 0 Å². The van der Waals surface area contributed by atoms with Gasteiger partial charge in [0, 0.05) is 19.3 Å². The molecule has 0 aromatic heterocycles. The summed E-state index contributed by atoms with van der Waals surface area (Å²) in [4.78, 5) is 38.1. The van der Waals surface area contributed by atoms with Crippen LogP contribution >= 0.6 is 0 Å². The third kappa shape index (κ3) is 62.5. The van der Waals surface area contributed by atoms with E-state index < -0.39 is 6.10 Å². The normalized spacial score (nSPS) is 12.9. The van der Waals surface area contributed by atoms with Crippen molar-refractivity contribution in [3.63, 3.8) is 0 Å². The van der Waals surface area contributed by atoms with Crippen molar-refractivity contribution in [1.82, 2.24) is 0 Å². The Balaban J connectivity index is 4.23. The average molecular weight is 1070 g/mol. The summed E-state index contributed by atoms with van der Waals surface area (Å²) in [7, 11) is 0. The monoisotopic (exact) mass is 1070 g/mol. The molecule has 0 aliphatic heterocycles. The number of esters is 3. The molecule has 77 heavy (non-hydrogen) atoms. The number of hydrogen-bond donors (Lipinski definition) is 0. The Bertz CT molecular complexity index is 1600. The lowest BCUT2D eigenvalue weighted by Gasteiger charge is -2.18. The number of unbranched alkanes of at least 4 members (excludes halogenated alkanes) is 26. The van der Waals surface area contributed by atoms with Crippen LogP contribution < -0.4 is 0 Å². The van der Waals surface area contributed by atoms with E-state index in [0.717, 1.165) is 135 Å². The lowest BCUT2D eigenvalue weighted by atomic mass is 10.1. The Morgan fingerprint density at radius 3 is 0.805 bits per heavy atom. The van der Waals surface area contributed by atoms with E-state index in [-0.39, 0.29) is 31.1 Å². The molecule has 438 valence electrons. The SMILES string of the molecule is CC/C=C\C/C=C\C/C=C\C/C=C\C/C=C\C/C=C\C/C=C\C/C=C\C/C=C\CCCCCCCC(=O)OCC(COC(=O)CCCCCCCCCC)OC(=O)CCCCCCCCC/C=C\CCCCCCCCC. The van der Waals surface area contributed by atoms with Crippen LogP contribution in [-0.2, 0) is 28.6 Å². The van der Waals surface area contributed by atoms with Gasteiger partial charge in [-0.25, -0.2) is 0 Å². The second-order valence-corrected chi connectivity index (χ2v) is 20.9. The van der Waals surface area contributed by atoms with Crippen LogP contribution in [0, 0.1) is 0 Å². The van der Waals surface area contributed by atoms with Crippen LogP contribution in [0.15, 0.2) is 122 Å². The molecule has 0 aliphatic rings. The van der Waals surface area contributed by atoms with Gasteiger partial charge in [0.15, 0.2) is 6.10 Å². The molecule has 0 bridgehead atoms. The molecule has 0 amide bonds. The van der Waals surface area contributed by atoms with E-state index in [1.165, 1.54) is 116 Å². The molecule has 1 atom stereocenters. The zero-order chi connectivity index (χ0) is 55.7. The van der Waals surface area contributed by atoms with Crippen LogP contribution in [0.5, 0.6) is 0 Å². The predicted molar refractivity (Wildman–Crippen MR) is 334 cm³/mol. The molecule has 0 aromatic rings. The van der Waals surface area contributed by atoms with Gasteiger partial charge in [0.2, 0.25) is 0 Å². The number of hydrogen-bond acceptors (Lipinski definition) is 6. The molecule has 0 aliphatic carbocycles. The Kier molecular flexibility index (Phi) is 60.8. The fourth-order valence-corrected chi connectivity index (χ4v) is 8.67. The first-order valence-corrected chi connectivity index (χ1v) is 32.0. The first kappa shape index (κ1) is 72.8. The van der Waals surface area contributed by atoms with Crippen molar-refractivity contribution >= 4 is 17.9 Å². The maximum Gasteiger partial charge on any atom is 0.306 e. The molecule has 0 saturated heterocycles. The fourth-order valence-electron chi connectivity index (χ4n) is 8.67. The number of carbonyl (C=O) groups is 3. The minimum Gasteiger partial charge on any atom is -0.462 e. The van der Waals surface area contributed by atoms with Gasteiger partial charge in [0.1, 0.15) is 13.2 Å². The summed E-state index contributed by atoms with van der Waals surface area (Å²) < 4.78 is 16.8. The molecule has 6 heteroatoms. The van der Waals surface area contributed by atoms with Gasteiger partial charge < -0.3 is 14.2 Å². The molecule has 0 saturated carbocycles. The van der Waals surface area contributed by atoms with Crippen LogP contribution in [0.1, 0.15) is 290 Å². The van der Waals surface area contributed by atoms with Gasteiger partial charge in [0.25, 0.3) is 0 Å². The van der Waals surface area contributed by atoms with Crippen molar-refractivity contribution in [3.8, 4) is 0 Å². The number of rotatable bonds is 57. The van der Waals surface area contributed by atoms with E-state index >= 15 is 0 Å². The molecule has 0 spiro atoms. The van der Waals surface area contributed by atoms with Crippen molar-refractivity contribution in [1.29, 1.82) is 0 Å². The lowest BCUT2D eigenvalue weighted by Crippen LogP contribution is -2.30. The molecular formula is C71H118O6. The van der Waals surface area contributed by atoms with Crippen LogP contribution in [0.25, 0.3) is 0 Å². The van der Waals surface area contributed by atoms with Gasteiger partial charge in [-0.1, -0.05) is 277 Å². The highest BCUT2D eigenvalue weighted by atomic mass is 16.6. The van der Waals surface area contributed by atoms with Crippen molar-refractivity contribution in [2.75, 3.05) is 13.2 Å². The van der Waals surface area contributed by atoms with E-state index in [1.807, 2.05) is 0 Å². The first-order valence-electron chi connectivity index (χ1n) is 32.0. The Morgan fingerprint density at radius 1 is 0.273 bits per heavy atom. The van der Waals surface area contributed by atoms with E-state index in [0.29, 0.717) is 19.3 Å². The highest BCUT2D eigenvalue weighted by molar-refractivity contribution is 5.71. The summed E-state index contributed by atoms with van der Waals surface area (Å²) in [6.07, 6.45) is 89.3. The molecule has 0 fully saturated rings. The zero-order valence-electron chi connectivity index (χ0n) is 50.2. The lowest BCUT2D eigenvalue weighted by molar-refractivity contribution is -0.167. The minimum atomic E-state index is -0.788. The van der Waals surface area contributed by atoms with Crippen molar-refractivity contribution in [3.05, 3.63) is 122 Å². The molecule has 1 unspecified atom stereocenters. The molecular weight excluding hydrogens is 949 g/mol. The summed E-state index contributed by atoms with van der Waals surface area (Å²) >= 11 is 0. The van der Waals surface area contributed by atoms with Gasteiger partial charge in [-0.3, -0.25) is 14.4 Å². The highest BCUT2D eigenvalue weighted by Crippen LogP contribution is 2.15. The van der Waals surface area contributed by atoms with Gasteiger partial charge >= 0.3 is 17.9 Å². The predicted octanol–water partition coefficient (Wildman–Crippen LogP) is 22.0. The second kappa shape index (κ2) is 64.3. The van der Waals surface area contributed by atoms with Crippen LogP contribution in [0.3, 0.4) is 0 Å². The number of carbonyl (C=O) groups excluding carboxylic acids is 3. The molecule has 0 N–H and O–H groups in total. The zero-order valence-corrected chi connectivity index (χ0v) is 50.2. The minimum absolute atomic E-state index is 0.0857. The van der Waals surface area contributed by atoms with Crippen LogP contribution in [-0.4, -0.2) is 37.2 Å². The maximum atomic E-state index is 12.9. The van der Waals surface area contributed by atoms with Crippen LogP contribution in [0.2, 0.25) is 0 Å². The molecule has 0 rings (SSSR count). The summed E-state index contributed by atoms with van der Waals surface area (Å²) in [5.41, 5.74) is 0. The third-order valence-electron chi connectivity index (χ3n) is 13.5. The maximum absolute atomic E-state index is 12.9. The van der Waals surface area contributed by atoms with Crippen molar-refractivity contribution in [2.24, 2.45) is 0 Å². The highest BCUT2D eigenvalue weighted by Gasteiger charge is 2.19. The largest absolute Gasteiger partial charge is 0.462 e. The standard InChI is InChI=1S/C71H118O6/c1-4-7-10-13-16-19-21-23-25-27-29-30-31-32-33-34-35-36-37-38-39-40-41-42-43-45-46-48-50-52-55-58-61-64-70(73)76-67-68(66-75-69(72)63-60-57-54-18-15-12-9-6-3)77-71(74)65-62-59-56-53-51-49-47-44-28-26-24-22-20-17-14-11-8-5-2/h7,10,16,19,23,25-26,28-30,32-33,35-36,38-39,41-42,45-46,68H,4-6,8-9,11-15,17-18,20-22,24,27,31,34,37,40,43-44,47-67H2,1-3H3/b10-7-,19-16-,25-23-,28-26-,30-29-,33-32-,36-35-,39-38-,42-41-,46-45-. The van der Waals surface area contributed by atoms with Crippen LogP contribution in [0.4, 0.5) is 0 Å². The number of allylic oxidation sites excluding steroid dienone is 20. The van der Waals surface area contributed by atoms with Crippen molar-refractivity contribution < 1.29 is 28.6 Å². The van der Waals surface area contributed by atoms with E-state index in [2.05, 4.69) is 142 Å². The van der Waals surface area contributed by atoms with E-state index in [9.17, 15) is 14.4 Å². The summed E-state index contributed by atoms with van der Waals surface area (Å²) in [5.74, 6) is -0.911. The topological polar surface area (TPSA) is 78.9 Å². The Hall–Kier alpha value is -4.19. The average Bonchev–Trinajstić information content (AvgIpc) is 3.43. The Labute approximate surface area is 475 Å². The summed E-state index contributed by atoms with van der Waals surface area (Å²) in [6, 6.07) is 0. The Morgan fingerprint density at radius 2 is 0.506 bits per heavy atom. The first-order chi connectivity index (χ1) is 38.0. The molecule has 0 heterocycles. The number of ether oxygens (including phenoxy) is 3. The molecule has 6 nitrogen and oxygen atoms in total. The van der Waals surface area contributed by atoms with Gasteiger partial charge in [-0.05, 0) is 116 Å². The summed E-state index contributed by atoms with van der Waals surface area (Å²) in [5, 5.41) is 0. The van der Waals surface area contributed by atoms with Crippen molar-refractivity contribution in [2.45, 2.75) is 297 Å². The molecule has 0 radical (unpaired) electrons. The molecule has 0 aromatic carbocycles. The van der Waals surface area contributed by atoms with Gasteiger partial charge in [-0.15, -0.1) is 0 Å². The second-order valence-electron chi connectivity index (χ2n) is 20.9. The summed E-state index contributed by atoms with van der Waals surface area (Å²) in [6.45, 7) is 6.48. The van der Waals surface area contributed by atoms with E-state index in [4.69, 9.17) is 14.2 Å². The third-order valence-corrected chi connectivity index (χ3v) is 13.5. The fraction of sp³-hybridized carbons (Fsp3) is 0.676. The van der Waals surface area contributed by atoms with Gasteiger partial charge in [0.05, 0.1) is 0 Å². The smallest absolute Gasteiger partial charge is 0.306 e. The quantitative estimate of drug-likeness (QED) is 0.0261.